The van der Waals surface area contributed by atoms with E-state index in [1.54, 1.807) is 12.1 Å². The molecule has 8 nitrogen and oxygen atoms in total. The van der Waals surface area contributed by atoms with Gasteiger partial charge in [0, 0.05) is 41.9 Å². The number of rotatable bonds is 7. The topological polar surface area (TPSA) is 138 Å². The number of benzene rings is 2. The summed E-state index contributed by atoms with van der Waals surface area (Å²) in [6.45, 7) is 5.28. The van der Waals surface area contributed by atoms with Gasteiger partial charge in [0.15, 0.2) is 0 Å². The van der Waals surface area contributed by atoms with Crippen LogP contribution in [-0.2, 0) is 9.59 Å². The highest BCUT2D eigenvalue weighted by Crippen LogP contribution is 2.31. The highest BCUT2D eigenvalue weighted by molar-refractivity contribution is 5.96. The number of halogens is 1. The zero-order chi connectivity index (χ0) is 23.7. The Labute approximate surface area is 184 Å². The van der Waals surface area contributed by atoms with Crippen molar-refractivity contribution in [3.8, 4) is 11.3 Å². The van der Waals surface area contributed by atoms with Crippen molar-refractivity contribution < 1.29 is 24.2 Å². The van der Waals surface area contributed by atoms with Gasteiger partial charge in [-0.3, -0.25) is 0 Å². The smallest absolute Gasteiger partial charge is 0.328 e. The van der Waals surface area contributed by atoms with E-state index in [2.05, 4.69) is 29.1 Å². The Morgan fingerprint density at radius 2 is 1.69 bits per heavy atom. The second-order valence-electron chi connectivity index (χ2n) is 7.02. The summed E-state index contributed by atoms with van der Waals surface area (Å²) in [6.07, 6.45) is 1.12. The number of carbonyl (C=O) groups is 2. The highest BCUT2D eigenvalue weighted by Gasteiger charge is 2.13. The first-order chi connectivity index (χ1) is 15.2. The summed E-state index contributed by atoms with van der Waals surface area (Å²) in [5, 5.41) is 20.2. The largest absolute Gasteiger partial charge is 0.478 e. The van der Waals surface area contributed by atoms with Gasteiger partial charge in [0.05, 0.1) is 5.69 Å². The van der Waals surface area contributed by atoms with Crippen molar-refractivity contribution in [3.05, 3.63) is 66.1 Å². The number of nitrogens with zero attached hydrogens (tertiary/aromatic N) is 2. The van der Waals surface area contributed by atoms with E-state index >= 15 is 0 Å². The number of hydrogen-bond donors (Lipinski definition) is 4. The van der Waals surface area contributed by atoms with E-state index < -0.39 is 11.9 Å². The van der Waals surface area contributed by atoms with Crippen molar-refractivity contribution in [1.82, 2.24) is 9.97 Å². The summed E-state index contributed by atoms with van der Waals surface area (Å²) in [6, 6.07) is 12.7. The van der Waals surface area contributed by atoms with Crippen LogP contribution in [0.15, 0.2) is 54.6 Å². The number of nitrogens with one attached hydrogen (secondary N) is 1. The van der Waals surface area contributed by atoms with Gasteiger partial charge in [-0.25, -0.2) is 23.9 Å². The lowest BCUT2D eigenvalue weighted by molar-refractivity contribution is -0.134. The molecular formula is C23H25FN4O4. The molecule has 0 radical (unpaired) electrons. The van der Waals surface area contributed by atoms with E-state index in [1.807, 2.05) is 24.3 Å². The lowest BCUT2D eigenvalue weighted by atomic mass is 10.00. The standard InChI is InChI=1S/C19H21FN4.C4H4O4/c1-12(2)17-11-18(24-19(23-17)22-10-9-21)15-7-8-16(20)14-6-4-3-5-13(14)15;5-3(6)1-2-4(7)8/h3-8,11-12H,9-10,21H2,1-2H3,(H,22,23,24);1-2H,(H,5,6)(H,7,8). The van der Waals surface area contributed by atoms with Crippen LogP contribution in [0.2, 0.25) is 0 Å². The fourth-order valence-electron chi connectivity index (χ4n) is 2.79. The van der Waals surface area contributed by atoms with Crippen LogP contribution in [-0.4, -0.2) is 45.2 Å². The first-order valence-corrected chi connectivity index (χ1v) is 9.87. The molecule has 0 spiro atoms. The number of anilines is 1. The fraction of sp³-hybridized carbons (Fsp3) is 0.217. The predicted molar refractivity (Wildman–Crippen MR) is 121 cm³/mol. The normalized spacial score (nSPS) is 10.8. The molecule has 3 rings (SSSR count). The third kappa shape index (κ3) is 6.85. The Hall–Kier alpha value is -3.85. The van der Waals surface area contributed by atoms with Crippen molar-refractivity contribution in [1.29, 1.82) is 0 Å². The van der Waals surface area contributed by atoms with Crippen LogP contribution in [0.3, 0.4) is 0 Å². The molecule has 3 aromatic rings. The molecule has 0 saturated carbocycles. The van der Waals surface area contributed by atoms with Crippen LogP contribution >= 0.6 is 0 Å². The molecule has 0 unspecified atom stereocenters. The Morgan fingerprint density at radius 1 is 1.06 bits per heavy atom. The number of carboxylic acids is 2. The third-order valence-electron chi connectivity index (χ3n) is 4.28. The Bertz CT molecular complexity index is 1120. The van der Waals surface area contributed by atoms with Crippen molar-refractivity contribution in [2.45, 2.75) is 19.8 Å². The third-order valence-corrected chi connectivity index (χ3v) is 4.28. The molecule has 1 aromatic heterocycles. The Kier molecular flexibility index (Phi) is 8.79. The van der Waals surface area contributed by atoms with E-state index in [0.717, 1.165) is 22.3 Å². The van der Waals surface area contributed by atoms with Gasteiger partial charge in [0.1, 0.15) is 5.82 Å². The first-order valence-electron chi connectivity index (χ1n) is 9.87. The fourth-order valence-corrected chi connectivity index (χ4v) is 2.79. The van der Waals surface area contributed by atoms with E-state index in [0.29, 0.717) is 36.6 Å². The summed E-state index contributed by atoms with van der Waals surface area (Å²) in [4.78, 5) is 28.3. The van der Waals surface area contributed by atoms with Gasteiger partial charge in [-0.1, -0.05) is 38.1 Å². The lowest BCUT2D eigenvalue weighted by Crippen LogP contribution is -2.15. The van der Waals surface area contributed by atoms with Crippen LogP contribution in [0.5, 0.6) is 0 Å². The SMILES string of the molecule is CC(C)c1cc(-c2ccc(F)c3ccccc23)nc(NCCN)n1.O=C(O)C=CC(=O)O. The number of hydrogen-bond acceptors (Lipinski definition) is 6. The van der Waals surface area contributed by atoms with Crippen molar-refractivity contribution in [2.75, 3.05) is 18.4 Å². The van der Waals surface area contributed by atoms with Crippen molar-refractivity contribution >= 4 is 28.7 Å². The molecule has 0 amide bonds. The molecule has 0 aliphatic carbocycles. The maximum Gasteiger partial charge on any atom is 0.328 e. The van der Waals surface area contributed by atoms with Gasteiger partial charge < -0.3 is 21.3 Å². The van der Waals surface area contributed by atoms with Crippen LogP contribution in [0.1, 0.15) is 25.5 Å². The minimum absolute atomic E-state index is 0.228. The molecule has 2 aromatic carbocycles. The van der Waals surface area contributed by atoms with Gasteiger partial charge in [0.25, 0.3) is 0 Å². The average Bonchev–Trinajstić information content (AvgIpc) is 2.77. The van der Waals surface area contributed by atoms with Gasteiger partial charge in [0.2, 0.25) is 5.95 Å². The van der Waals surface area contributed by atoms with Gasteiger partial charge in [-0.05, 0) is 29.5 Å². The number of carboxylic acid groups (broad SMARTS) is 2. The van der Waals surface area contributed by atoms with E-state index in [1.165, 1.54) is 6.07 Å². The number of aromatic nitrogens is 2. The van der Waals surface area contributed by atoms with Crippen molar-refractivity contribution in [2.24, 2.45) is 5.73 Å². The highest BCUT2D eigenvalue weighted by atomic mass is 19.1. The number of fused-ring (bicyclic) bond motifs is 1. The number of nitrogens with two attached hydrogens (primary N) is 1. The summed E-state index contributed by atoms with van der Waals surface area (Å²) in [5.41, 5.74) is 8.17. The minimum atomic E-state index is -1.26. The summed E-state index contributed by atoms with van der Waals surface area (Å²) in [7, 11) is 0. The van der Waals surface area contributed by atoms with Crippen LogP contribution in [0, 0.1) is 5.82 Å². The van der Waals surface area contributed by atoms with E-state index in [4.69, 9.17) is 15.9 Å². The minimum Gasteiger partial charge on any atom is -0.478 e. The molecule has 32 heavy (non-hydrogen) atoms. The first kappa shape index (κ1) is 24.4. The van der Waals surface area contributed by atoms with Crippen LogP contribution < -0.4 is 11.1 Å². The predicted octanol–water partition coefficient (Wildman–Crippen LogP) is 3.64. The summed E-state index contributed by atoms with van der Waals surface area (Å²) in [5.74, 6) is -1.93. The average molecular weight is 440 g/mol. The van der Waals surface area contributed by atoms with Gasteiger partial charge in [-0.15, -0.1) is 0 Å². The number of aliphatic carboxylic acids is 2. The molecule has 0 aliphatic rings. The molecule has 9 heteroatoms. The van der Waals surface area contributed by atoms with Crippen LogP contribution in [0.4, 0.5) is 10.3 Å². The Morgan fingerprint density at radius 3 is 2.25 bits per heavy atom. The molecule has 0 atom stereocenters. The molecular weight excluding hydrogens is 415 g/mol. The van der Waals surface area contributed by atoms with Gasteiger partial charge in [-0.2, -0.15) is 0 Å². The van der Waals surface area contributed by atoms with Crippen LogP contribution in [0.25, 0.3) is 22.0 Å². The molecule has 1 heterocycles. The van der Waals surface area contributed by atoms with E-state index in [9.17, 15) is 14.0 Å². The second kappa shape index (κ2) is 11.5. The molecule has 0 aliphatic heterocycles. The lowest BCUT2D eigenvalue weighted by Gasteiger charge is -2.13. The Balaban J connectivity index is 0.000000390. The molecule has 0 fully saturated rings. The summed E-state index contributed by atoms with van der Waals surface area (Å²) >= 11 is 0. The van der Waals surface area contributed by atoms with Crippen molar-refractivity contribution in [3.63, 3.8) is 0 Å². The zero-order valence-corrected chi connectivity index (χ0v) is 17.7. The maximum absolute atomic E-state index is 14.1. The quantitative estimate of drug-likeness (QED) is 0.409. The molecule has 168 valence electrons. The van der Waals surface area contributed by atoms with E-state index in [-0.39, 0.29) is 11.7 Å². The van der Waals surface area contributed by atoms with Gasteiger partial charge >= 0.3 is 11.9 Å². The summed E-state index contributed by atoms with van der Waals surface area (Å²) < 4.78 is 14.1. The maximum atomic E-state index is 14.1. The molecule has 0 saturated heterocycles. The monoisotopic (exact) mass is 440 g/mol. The molecule has 0 bridgehead atoms. The zero-order valence-electron chi connectivity index (χ0n) is 17.7. The second-order valence-corrected chi connectivity index (χ2v) is 7.02. The molecule has 5 N–H and O–H groups in total.